The van der Waals surface area contributed by atoms with E-state index >= 15 is 0 Å². The SMILES string of the molecule is C[C@@H]1CCC(c2ccc(Cl)c(C(F)(F)F)c2)=NN1S(=O)(=O)c1ccc(I)cc1. The lowest BCUT2D eigenvalue weighted by atomic mass is 10.00. The van der Waals surface area contributed by atoms with Crippen molar-refractivity contribution >= 4 is 49.9 Å². The monoisotopic (exact) mass is 542 g/mol. The normalized spacial score (nSPS) is 18.1. The molecule has 2 aromatic rings. The van der Waals surface area contributed by atoms with Gasteiger partial charge in [-0.3, -0.25) is 0 Å². The van der Waals surface area contributed by atoms with Crippen LogP contribution < -0.4 is 0 Å². The zero-order valence-electron chi connectivity index (χ0n) is 14.5. The summed E-state index contributed by atoms with van der Waals surface area (Å²) in [4.78, 5) is 0.0804. The molecule has 0 saturated heterocycles. The molecule has 2 aromatic carbocycles. The van der Waals surface area contributed by atoms with Crippen LogP contribution in [0.4, 0.5) is 13.2 Å². The standard InChI is InChI=1S/C18H15ClF3IN2O2S/c1-11-2-9-17(12-3-8-16(19)15(10-12)18(20,21)22)24-25(11)28(26,27)14-6-4-13(23)5-7-14/h3-8,10-11H,2,9H2,1H3/t11-/m1/s1. The van der Waals surface area contributed by atoms with Gasteiger partial charge in [0.15, 0.2) is 0 Å². The Morgan fingerprint density at radius 1 is 1.18 bits per heavy atom. The molecule has 0 aromatic heterocycles. The molecule has 0 aliphatic carbocycles. The highest BCUT2D eigenvalue weighted by Crippen LogP contribution is 2.36. The number of nitrogens with zero attached hydrogens (tertiary/aromatic N) is 2. The molecule has 0 amide bonds. The molecule has 0 spiro atoms. The highest BCUT2D eigenvalue weighted by atomic mass is 127. The van der Waals surface area contributed by atoms with Gasteiger partial charge in [0.1, 0.15) is 0 Å². The van der Waals surface area contributed by atoms with Gasteiger partial charge in [0.25, 0.3) is 10.0 Å². The van der Waals surface area contributed by atoms with Gasteiger partial charge in [-0.1, -0.05) is 17.7 Å². The lowest BCUT2D eigenvalue weighted by molar-refractivity contribution is -0.137. The van der Waals surface area contributed by atoms with Crippen molar-refractivity contribution in [3.63, 3.8) is 0 Å². The molecular weight excluding hydrogens is 528 g/mol. The maximum Gasteiger partial charge on any atom is 0.417 e. The van der Waals surface area contributed by atoms with E-state index in [1.54, 1.807) is 19.1 Å². The third kappa shape index (κ3) is 4.30. The third-order valence-electron chi connectivity index (χ3n) is 4.36. The zero-order valence-corrected chi connectivity index (χ0v) is 18.3. The van der Waals surface area contributed by atoms with E-state index in [1.165, 1.54) is 18.2 Å². The minimum absolute atomic E-state index is 0.0804. The van der Waals surface area contributed by atoms with E-state index in [0.717, 1.165) is 20.1 Å². The van der Waals surface area contributed by atoms with Crippen molar-refractivity contribution in [2.45, 2.75) is 36.9 Å². The van der Waals surface area contributed by atoms with E-state index in [2.05, 4.69) is 27.7 Å². The van der Waals surface area contributed by atoms with Crippen molar-refractivity contribution < 1.29 is 21.6 Å². The van der Waals surface area contributed by atoms with E-state index in [0.29, 0.717) is 12.8 Å². The molecule has 10 heteroatoms. The largest absolute Gasteiger partial charge is 0.417 e. The Kier molecular flexibility index (Phi) is 5.98. The highest BCUT2D eigenvalue weighted by Gasteiger charge is 2.35. The Bertz CT molecular complexity index is 1020. The van der Waals surface area contributed by atoms with Crippen LogP contribution in [0.25, 0.3) is 0 Å². The predicted octanol–water partition coefficient (Wildman–Crippen LogP) is 5.54. The van der Waals surface area contributed by atoms with Gasteiger partial charge in [0.05, 0.1) is 27.2 Å². The number of halogens is 5. The number of sulfonamides is 1. The van der Waals surface area contributed by atoms with Crippen LogP contribution in [0.2, 0.25) is 5.02 Å². The van der Waals surface area contributed by atoms with Crippen molar-refractivity contribution in [1.82, 2.24) is 4.41 Å². The maximum absolute atomic E-state index is 13.1. The second kappa shape index (κ2) is 7.83. The fourth-order valence-corrected chi connectivity index (χ4v) is 4.92. The van der Waals surface area contributed by atoms with E-state index in [4.69, 9.17) is 11.6 Å². The van der Waals surface area contributed by atoms with Gasteiger partial charge in [-0.2, -0.15) is 31.1 Å². The van der Waals surface area contributed by atoms with Gasteiger partial charge in [-0.15, -0.1) is 0 Å². The first-order valence-electron chi connectivity index (χ1n) is 8.25. The molecule has 1 aliphatic heterocycles. The Balaban J connectivity index is 2.04. The summed E-state index contributed by atoms with van der Waals surface area (Å²) in [5.41, 5.74) is -0.499. The Labute approximate surface area is 179 Å². The number of hydrazone groups is 1. The maximum atomic E-state index is 13.1. The summed E-state index contributed by atoms with van der Waals surface area (Å²) in [6.45, 7) is 1.72. The average Bonchev–Trinajstić information content (AvgIpc) is 2.62. The second-order valence-corrected chi connectivity index (χ2v) is 9.81. The van der Waals surface area contributed by atoms with Crippen LogP contribution in [0.1, 0.15) is 30.9 Å². The molecule has 3 rings (SSSR count). The van der Waals surface area contributed by atoms with E-state index < -0.39 is 32.8 Å². The molecule has 0 saturated carbocycles. The number of alkyl halides is 3. The topological polar surface area (TPSA) is 49.7 Å². The fourth-order valence-electron chi connectivity index (χ4n) is 2.85. The predicted molar refractivity (Wildman–Crippen MR) is 110 cm³/mol. The molecule has 1 atom stereocenters. The smallest absolute Gasteiger partial charge is 0.200 e. The summed E-state index contributed by atoms with van der Waals surface area (Å²) >= 11 is 7.74. The summed E-state index contributed by atoms with van der Waals surface area (Å²) in [6, 6.07) is 9.37. The first-order valence-corrected chi connectivity index (χ1v) is 11.1. The van der Waals surface area contributed by atoms with E-state index in [1.807, 2.05) is 0 Å². The Morgan fingerprint density at radius 3 is 2.43 bits per heavy atom. The highest BCUT2D eigenvalue weighted by molar-refractivity contribution is 14.1. The van der Waals surface area contributed by atoms with Crippen molar-refractivity contribution in [2.24, 2.45) is 5.10 Å². The summed E-state index contributed by atoms with van der Waals surface area (Å²) in [5, 5.41) is 3.79. The molecular formula is C18H15ClF3IN2O2S. The van der Waals surface area contributed by atoms with Crippen LogP contribution in [0.3, 0.4) is 0 Å². The fraction of sp³-hybridized carbons (Fsp3) is 0.278. The van der Waals surface area contributed by atoms with Crippen LogP contribution in [0, 0.1) is 3.57 Å². The summed E-state index contributed by atoms with van der Waals surface area (Å²) in [6.07, 6.45) is -3.81. The third-order valence-corrected chi connectivity index (χ3v) is 7.21. The molecule has 1 aliphatic rings. The number of hydrogen-bond donors (Lipinski definition) is 0. The number of rotatable bonds is 3. The van der Waals surface area contributed by atoms with Crippen molar-refractivity contribution in [3.05, 3.63) is 62.2 Å². The summed E-state index contributed by atoms with van der Waals surface area (Å²) < 4.78 is 67.3. The van der Waals surface area contributed by atoms with Crippen LogP contribution in [0.5, 0.6) is 0 Å². The van der Waals surface area contributed by atoms with Gasteiger partial charge in [0.2, 0.25) is 0 Å². The number of benzene rings is 2. The van der Waals surface area contributed by atoms with Crippen LogP contribution in [0.15, 0.2) is 52.5 Å². The zero-order chi connectivity index (χ0) is 20.7. The van der Waals surface area contributed by atoms with Crippen LogP contribution in [-0.4, -0.2) is 24.6 Å². The lowest BCUT2D eigenvalue weighted by Crippen LogP contribution is -2.38. The first kappa shape index (κ1) is 21.4. The van der Waals surface area contributed by atoms with Crippen molar-refractivity contribution in [2.75, 3.05) is 0 Å². The summed E-state index contributed by atoms with van der Waals surface area (Å²) in [7, 11) is -3.92. The van der Waals surface area contributed by atoms with Crippen LogP contribution >= 0.6 is 34.2 Å². The van der Waals surface area contributed by atoms with Gasteiger partial charge in [-0.05, 0) is 84.3 Å². The Hall–Kier alpha value is -1.33. The van der Waals surface area contributed by atoms with Crippen molar-refractivity contribution in [3.8, 4) is 0 Å². The lowest BCUT2D eigenvalue weighted by Gasteiger charge is -2.31. The molecule has 1 heterocycles. The van der Waals surface area contributed by atoms with Gasteiger partial charge < -0.3 is 0 Å². The van der Waals surface area contributed by atoms with Crippen molar-refractivity contribution in [1.29, 1.82) is 0 Å². The molecule has 0 radical (unpaired) electrons. The Morgan fingerprint density at radius 2 is 1.82 bits per heavy atom. The molecule has 0 unspecified atom stereocenters. The molecule has 0 fully saturated rings. The molecule has 0 N–H and O–H groups in total. The number of hydrogen-bond acceptors (Lipinski definition) is 3. The van der Waals surface area contributed by atoms with Gasteiger partial charge >= 0.3 is 6.18 Å². The minimum Gasteiger partial charge on any atom is -0.200 e. The molecule has 28 heavy (non-hydrogen) atoms. The van der Waals surface area contributed by atoms with Gasteiger partial charge in [0, 0.05) is 3.57 Å². The van der Waals surface area contributed by atoms with E-state index in [9.17, 15) is 21.6 Å². The quantitative estimate of drug-likeness (QED) is 0.478. The molecule has 0 bridgehead atoms. The average molecular weight is 543 g/mol. The molecule has 150 valence electrons. The second-order valence-electron chi connectivity index (χ2n) is 6.36. The minimum atomic E-state index is -4.61. The summed E-state index contributed by atoms with van der Waals surface area (Å²) in [5.74, 6) is 0. The first-order chi connectivity index (χ1) is 13.0. The van der Waals surface area contributed by atoms with Crippen LogP contribution in [-0.2, 0) is 16.2 Å². The van der Waals surface area contributed by atoms with E-state index in [-0.39, 0.29) is 16.2 Å². The molecule has 4 nitrogen and oxygen atoms in total. The van der Waals surface area contributed by atoms with Gasteiger partial charge in [-0.25, -0.2) is 0 Å².